The van der Waals surface area contributed by atoms with E-state index in [-0.39, 0.29) is 42.5 Å². The van der Waals surface area contributed by atoms with Crippen LogP contribution in [0.2, 0.25) is 0 Å². The van der Waals surface area contributed by atoms with Crippen molar-refractivity contribution in [1.29, 1.82) is 0 Å². The quantitative estimate of drug-likeness (QED) is 0.230. The molecular weight excluding hydrogens is 721 g/mol. The number of hydrogen-bond acceptors (Lipinski definition) is 10. The second-order valence-electron chi connectivity index (χ2n) is 17.1. The maximum atomic E-state index is 17.6. The first kappa shape index (κ1) is 35.6. The van der Waals surface area contributed by atoms with Crippen molar-refractivity contribution in [1.82, 2.24) is 30.1 Å². The molecule has 4 aromatic rings. The molecule has 0 aliphatic carbocycles. The maximum absolute atomic E-state index is 17.6. The van der Waals surface area contributed by atoms with Crippen LogP contribution in [0.5, 0.6) is 11.8 Å². The predicted molar refractivity (Wildman–Crippen MR) is 205 cm³/mol. The Morgan fingerprint density at radius 2 is 1.89 bits per heavy atom. The summed E-state index contributed by atoms with van der Waals surface area (Å²) in [6, 6.07) is 9.71. The van der Waals surface area contributed by atoms with E-state index in [1.54, 1.807) is 12.3 Å². The molecule has 0 saturated carbocycles. The summed E-state index contributed by atoms with van der Waals surface area (Å²) in [7, 11) is 0. The Balaban J connectivity index is 1.12. The number of nitrogens with zero attached hydrogens (tertiary/aromatic N) is 6. The first-order chi connectivity index (χ1) is 27.2. The summed E-state index contributed by atoms with van der Waals surface area (Å²) in [6.07, 6.45) is 8.36. The van der Waals surface area contributed by atoms with Gasteiger partial charge in [0, 0.05) is 49.9 Å². The number of amides is 2. The number of aryl methyl sites for hydroxylation is 1. The number of carbonyl (C=O) groups is 2. The lowest BCUT2D eigenvalue weighted by Gasteiger charge is -2.41. The maximum Gasteiger partial charge on any atom is 0.415 e. The SMILES string of the molecule is C[C@@]12CCCN(C1)c1nc(OC[C@@]34CCCN3C[C@H](F)C4)nc3c(F)c(ncc13)-c1cc(OC(=O)N3C4CCC3CC4)cc3cccc(c13)CCCOC(=O)N2. The number of benzene rings is 2. The van der Waals surface area contributed by atoms with Crippen molar-refractivity contribution < 1.29 is 32.6 Å². The van der Waals surface area contributed by atoms with Gasteiger partial charge in [-0.15, -0.1) is 0 Å². The second-order valence-corrected chi connectivity index (χ2v) is 17.1. The molecule has 2 amide bonds. The Bertz CT molecular complexity index is 2220. The minimum absolute atomic E-state index is 0.00174. The number of aromatic nitrogens is 3. The highest BCUT2D eigenvalue weighted by Gasteiger charge is 2.49. The van der Waals surface area contributed by atoms with Gasteiger partial charge in [0.25, 0.3) is 0 Å². The molecule has 8 bridgehead atoms. The normalized spacial score (nSPS) is 28.8. The van der Waals surface area contributed by atoms with Gasteiger partial charge >= 0.3 is 18.2 Å². The van der Waals surface area contributed by atoms with Crippen LogP contribution in [0.4, 0.5) is 24.2 Å². The van der Waals surface area contributed by atoms with Crippen molar-refractivity contribution >= 4 is 39.7 Å². The summed E-state index contributed by atoms with van der Waals surface area (Å²) in [4.78, 5) is 47.2. The van der Waals surface area contributed by atoms with Crippen molar-refractivity contribution in [3.63, 3.8) is 0 Å². The predicted octanol–water partition coefficient (Wildman–Crippen LogP) is 7.10. The summed E-state index contributed by atoms with van der Waals surface area (Å²) in [5, 5.41) is 5.01. The Hall–Kier alpha value is -4.85. The number of rotatable bonds is 4. The molecule has 2 aromatic carbocycles. The smallest absolute Gasteiger partial charge is 0.415 e. The van der Waals surface area contributed by atoms with Gasteiger partial charge in [0.15, 0.2) is 5.82 Å². The number of alkyl halides is 1. The zero-order valence-corrected chi connectivity index (χ0v) is 31.7. The fourth-order valence-corrected chi connectivity index (χ4v) is 10.7. The van der Waals surface area contributed by atoms with Gasteiger partial charge < -0.3 is 29.3 Å². The third-order valence-electron chi connectivity index (χ3n) is 13.3. The average molecular weight is 768 g/mol. The van der Waals surface area contributed by atoms with E-state index < -0.39 is 35.3 Å². The van der Waals surface area contributed by atoms with Gasteiger partial charge in [-0.25, -0.2) is 18.4 Å². The van der Waals surface area contributed by atoms with Gasteiger partial charge in [-0.05, 0) is 106 Å². The number of carbonyl (C=O) groups excluding carboxylic acids is 2. The first-order valence-electron chi connectivity index (χ1n) is 20.3. The Morgan fingerprint density at radius 3 is 2.73 bits per heavy atom. The average Bonchev–Trinajstić information content (AvgIpc) is 3.95. The standard InChI is InChI=1S/C42H47F2N7O5/c1-41-13-4-15-49(23-41)37-32-21-45-35(34(44)36(32)46-38(47-37)55-24-42-14-5-16-50(42)22-27(43)20-42)31-19-30(56-40(53)51-28-9-10-29(51)12-11-28)18-26-7-2-6-25(33(26)31)8-3-17-54-39(52)48-41/h2,6-7,18-19,21,27-29H,3-5,8-17,20,22-24H2,1H3,(H,48,52)/t27-,28?,29?,41-,42+/m1/s1. The number of fused-ring (bicyclic) bond motifs is 9. The lowest BCUT2D eigenvalue weighted by atomic mass is 9.91. The number of nitrogens with one attached hydrogen (secondary N) is 1. The number of ether oxygens (including phenoxy) is 3. The van der Waals surface area contributed by atoms with E-state index >= 15 is 4.39 Å². The molecule has 5 fully saturated rings. The van der Waals surface area contributed by atoms with E-state index in [2.05, 4.69) is 10.2 Å². The van der Waals surface area contributed by atoms with E-state index in [1.807, 2.05) is 41.0 Å². The highest BCUT2D eigenvalue weighted by molar-refractivity contribution is 6.02. The second kappa shape index (κ2) is 13.7. The number of alkyl carbamates (subject to hydrolysis) is 1. The van der Waals surface area contributed by atoms with E-state index in [9.17, 15) is 14.0 Å². The molecule has 294 valence electrons. The van der Waals surface area contributed by atoms with E-state index in [4.69, 9.17) is 29.2 Å². The van der Waals surface area contributed by atoms with Gasteiger partial charge in [0.2, 0.25) is 0 Å². The highest BCUT2D eigenvalue weighted by atomic mass is 19.1. The van der Waals surface area contributed by atoms with Crippen LogP contribution in [-0.2, 0) is 11.2 Å². The molecule has 7 aliphatic rings. The molecule has 0 radical (unpaired) electrons. The molecule has 0 unspecified atom stereocenters. The summed E-state index contributed by atoms with van der Waals surface area (Å²) in [5.74, 6) is 0.0906. The molecule has 56 heavy (non-hydrogen) atoms. The third kappa shape index (κ3) is 6.15. The van der Waals surface area contributed by atoms with Crippen LogP contribution in [-0.4, -0.2) is 106 Å². The van der Waals surface area contributed by atoms with Crippen LogP contribution >= 0.6 is 0 Å². The Kier molecular flexibility index (Phi) is 8.68. The summed E-state index contributed by atoms with van der Waals surface area (Å²) in [6.45, 7) is 4.52. The van der Waals surface area contributed by atoms with Crippen molar-refractivity contribution in [3.05, 3.63) is 47.9 Å². The molecule has 2 aromatic heterocycles. The third-order valence-corrected chi connectivity index (χ3v) is 13.3. The molecule has 3 atom stereocenters. The molecule has 12 nitrogen and oxygen atoms in total. The number of anilines is 1. The van der Waals surface area contributed by atoms with Crippen LogP contribution in [0.25, 0.3) is 32.9 Å². The number of halogens is 2. The van der Waals surface area contributed by atoms with E-state index in [1.165, 1.54) is 0 Å². The van der Waals surface area contributed by atoms with Crippen LogP contribution in [0, 0.1) is 5.82 Å². The molecule has 14 heteroatoms. The van der Waals surface area contributed by atoms with E-state index in [0.717, 1.165) is 67.8 Å². The first-order valence-corrected chi connectivity index (χ1v) is 20.3. The van der Waals surface area contributed by atoms with Crippen molar-refractivity contribution in [2.24, 2.45) is 0 Å². The molecule has 11 rings (SSSR count). The lowest BCUT2D eigenvalue weighted by Crippen LogP contribution is -2.57. The minimum atomic E-state index is -0.931. The van der Waals surface area contributed by atoms with Crippen molar-refractivity contribution in [3.8, 4) is 23.0 Å². The summed E-state index contributed by atoms with van der Waals surface area (Å²) in [5.41, 5.74) is 0.356. The molecule has 0 spiro atoms. The van der Waals surface area contributed by atoms with E-state index in [0.29, 0.717) is 67.8 Å². The molecular formula is C42H47F2N7O5. The monoisotopic (exact) mass is 767 g/mol. The molecule has 5 saturated heterocycles. The lowest BCUT2D eigenvalue weighted by molar-refractivity contribution is 0.107. The van der Waals surface area contributed by atoms with Crippen LogP contribution in [0.1, 0.15) is 76.7 Å². The van der Waals surface area contributed by atoms with Gasteiger partial charge in [-0.1, -0.05) is 18.2 Å². The number of hydrogen-bond donors (Lipinski definition) is 1. The topological polar surface area (TPSA) is 122 Å². The van der Waals surface area contributed by atoms with Gasteiger partial charge in [-0.3, -0.25) is 9.88 Å². The molecule has 1 N–H and O–H groups in total. The highest BCUT2D eigenvalue weighted by Crippen LogP contribution is 2.43. The fraction of sp³-hybridized carbons (Fsp3) is 0.548. The van der Waals surface area contributed by atoms with Crippen LogP contribution in [0.3, 0.4) is 0 Å². The Morgan fingerprint density at radius 1 is 1.07 bits per heavy atom. The van der Waals surface area contributed by atoms with Gasteiger partial charge in [0.1, 0.15) is 35.6 Å². The zero-order valence-electron chi connectivity index (χ0n) is 31.7. The van der Waals surface area contributed by atoms with Gasteiger partial charge in [-0.2, -0.15) is 9.97 Å². The number of pyridine rings is 1. The van der Waals surface area contributed by atoms with Crippen LogP contribution in [0.15, 0.2) is 36.5 Å². The minimum Gasteiger partial charge on any atom is -0.461 e. The van der Waals surface area contributed by atoms with Crippen molar-refractivity contribution in [2.45, 2.75) is 107 Å². The molecule has 9 heterocycles. The fourth-order valence-electron chi connectivity index (χ4n) is 10.7. The largest absolute Gasteiger partial charge is 0.461 e. The van der Waals surface area contributed by atoms with Gasteiger partial charge in [0.05, 0.1) is 23.1 Å². The summed E-state index contributed by atoms with van der Waals surface area (Å²) >= 11 is 0. The number of piperidine rings is 1. The zero-order chi connectivity index (χ0) is 38.2. The van der Waals surface area contributed by atoms with Crippen molar-refractivity contribution in [2.75, 3.05) is 44.3 Å². The Labute approximate surface area is 323 Å². The molecule has 7 aliphatic heterocycles. The summed E-state index contributed by atoms with van der Waals surface area (Å²) < 4.78 is 50.4. The van der Waals surface area contributed by atoms with Crippen LogP contribution < -0.4 is 19.7 Å².